The number of hydrogen-bond donors (Lipinski definition) is 2. The number of halogens is 3. The van der Waals surface area contributed by atoms with Crippen molar-refractivity contribution in [1.29, 1.82) is 0 Å². The van der Waals surface area contributed by atoms with Gasteiger partial charge >= 0.3 is 6.18 Å². The first-order chi connectivity index (χ1) is 18.3. The zero-order valence-corrected chi connectivity index (χ0v) is 23.2. The number of nitrogens with zero attached hydrogens (tertiary/aromatic N) is 2. The number of pyridine rings is 1. The number of carbonyl (C=O) groups is 1. The Bertz CT molecular complexity index is 1270. The Kier molecular flexibility index (Phi) is 8.73. The number of amides is 1. The zero-order chi connectivity index (χ0) is 28.5. The highest BCUT2D eigenvalue weighted by atomic mass is 32.2. The Morgan fingerprint density at radius 2 is 1.79 bits per heavy atom. The third kappa shape index (κ3) is 6.81. The largest absolute Gasteiger partial charge is 0.394 e. The summed E-state index contributed by atoms with van der Waals surface area (Å²) in [7, 11) is -3.36. The van der Waals surface area contributed by atoms with Crippen molar-refractivity contribution >= 4 is 15.7 Å². The summed E-state index contributed by atoms with van der Waals surface area (Å²) in [5.74, 6) is -1.19. The fourth-order valence-electron chi connectivity index (χ4n) is 5.87. The summed E-state index contributed by atoms with van der Waals surface area (Å²) in [5.41, 5.74) is 2.72. The van der Waals surface area contributed by atoms with Crippen LogP contribution in [-0.4, -0.2) is 54.9 Å². The quantitative estimate of drug-likeness (QED) is 0.474. The molecule has 0 radical (unpaired) electrons. The molecule has 1 aliphatic carbocycles. The van der Waals surface area contributed by atoms with E-state index < -0.39 is 33.9 Å². The van der Waals surface area contributed by atoms with Crippen molar-refractivity contribution in [1.82, 2.24) is 15.2 Å². The lowest BCUT2D eigenvalue weighted by Gasteiger charge is -2.35. The number of fused-ring (bicyclic) bond motifs is 1. The molecule has 2 aliphatic rings. The van der Waals surface area contributed by atoms with Crippen LogP contribution in [0, 0.1) is 17.8 Å². The highest BCUT2D eigenvalue weighted by Crippen LogP contribution is 2.43. The number of aliphatic hydroxyl groups excluding tert-OH is 1. The fourth-order valence-corrected chi connectivity index (χ4v) is 6.50. The van der Waals surface area contributed by atoms with E-state index in [1.54, 1.807) is 18.2 Å². The van der Waals surface area contributed by atoms with Crippen molar-refractivity contribution in [2.24, 2.45) is 17.8 Å². The molecule has 11 heteroatoms. The minimum atomic E-state index is -4.12. The van der Waals surface area contributed by atoms with Gasteiger partial charge in [0.25, 0.3) is 5.91 Å². The molecule has 39 heavy (non-hydrogen) atoms. The van der Waals surface area contributed by atoms with E-state index >= 15 is 0 Å². The normalized spacial score (nSPS) is 23.0. The maximum atomic E-state index is 13.1. The molecule has 1 fully saturated rings. The van der Waals surface area contributed by atoms with Gasteiger partial charge in [-0.05, 0) is 66.8 Å². The lowest BCUT2D eigenvalue weighted by Crippen LogP contribution is -2.35. The summed E-state index contributed by atoms with van der Waals surface area (Å²) < 4.78 is 62.7. The highest BCUT2D eigenvalue weighted by molar-refractivity contribution is 7.90. The number of benzene rings is 1. The van der Waals surface area contributed by atoms with E-state index in [0.717, 1.165) is 17.5 Å². The third-order valence-corrected chi connectivity index (χ3v) is 9.07. The first-order valence-electron chi connectivity index (χ1n) is 13.3. The van der Waals surface area contributed by atoms with Crippen LogP contribution in [0.5, 0.6) is 0 Å². The van der Waals surface area contributed by atoms with E-state index in [1.807, 2.05) is 0 Å². The molecule has 2 N–H and O–H groups in total. The van der Waals surface area contributed by atoms with Gasteiger partial charge in [-0.25, -0.2) is 8.42 Å². The Morgan fingerprint density at radius 1 is 1.15 bits per heavy atom. The molecule has 1 aromatic carbocycles. The van der Waals surface area contributed by atoms with Crippen LogP contribution in [0.4, 0.5) is 13.2 Å². The third-order valence-electron chi connectivity index (χ3n) is 7.94. The molecule has 1 aromatic heterocycles. The van der Waals surface area contributed by atoms with Crippen LogP contribution in [0.2, 0.25) is 0 Å². The second-order valence-corrected chi connectivity index (χ2v) is 13.2. The van der Waals surface area contributed by atoms with Crippen LogP contribution in [0.1, 0.15) is 78.8 Å². The average Bonchev–Trinajstić information content (AvgIpc) is 3.23. The predicted molar refractivity (Wildman–Crippen MR) is 141 cm³/mol. The summed E-state index contributed by atoms with van der Waals surface area (Å²) >= 11 is 0. The van der Waals surface area contributed by atoms with Gasteiger partial charge in [-0.2, -0.15) is 13.2 Å². The van der Waals surface area contributed by atoms with Crippen LogP contribution in [0.15, 0.2) is 41.4 Å². The van der Waals surface area contributed by atoms with E-state index in [9.17, 15) is 31.5 Å². The predicted octanol–water partition coefficient (Wildman–Crippen LogP) is 4.83. The first-order valence-corrected chi connectivity index (χ1v) is 15.2. The number of sulfone groups is 1. The van der Waals surface area contributed by atoms with Crippen LogP contribution >= 0.6 is 0 Å². The number of aliphatic hydroxyl groups is 1. The zero-order valence-electron chi connectivity index (χ0n) is 22.4. The Hall–Kier alpha value is -2.50. The molecule has 2 atom stereocenters. The molecule has 1 saturated carbocycles. The summed E-state index contributed by atoms with van der Waals surface area (Å²) in [5, 5.41) is 12.7. The second-order valence-electron chi connectivity index (χ2n) is 11.2. The Morgan fingerprint density at radius 3 is 2.33 bits per heavy atom. The van der Waals surface area contributed by atoms with Gasteiger partial charge in [-0.1, -0.05) is 26.0 Å². The van der Waals surface area contributed by atoms with Gasteiger partial charge in [-0.3, -0.25) is 14.7 Å². The van der Waals surface area contributed by atoms with Gasteiger partial charge < -0.3 is 10.4 Å². The summed E-state index contributed by atoms with van der Waals surface area (Å²) in [6.07, 6.45) is -0.0435. The van der Waals surface area contributed by atoms with Gasteiger partial charge in [0, 0.05) is 25.5 Å². The smallest absolute Gasteiger partial charge is 0.391 e. The van der Waals surface area contributed by atoms with E-state index in [0.29, 0.717) is 37.1 Å². The van der Waals surface area contributed by atoms with Crippen LogP contribution in [-0.2, 0) is 16.4 Å². The Labute approximate surface area is 227 Å². The molecule has 1 amide bonds. The van der Waals surface area contributed by atoms with Crippen molar-refractivity contribution in [3.8, 4) is 0 Å². The molecule has 7 nitrogen and oxygen atoms in total. The summed E-state index contributed by atoms with van der Waals surface area (Å²) in [6, 6.07) is 7.09. The molecular weight excluding hydrogens is 531 g/mol. The minimum absolute atomic E-state index is 0.0241. The first kappa shape index (κ1) is 29.5. The van der Waals surface area contributed by atoms with Crippen molar-refractivity contribution in [2.45, 2.75) is 69.2 Å². The van der Waals surface area contributed by atoms with E-state index in [1.165, 1.54) is 18.3 Å². The number of nitrogens with one attached hydrogen (secondary N) is 1. The minimum Gasteiger partial charge on any atom is -0.394 e. The standard InChI is InChI=1S/C28H36F3N3O4S/c1-17(2)26-25-21(15-34(26)14-18-4-8-22(9-5-18)28(29,30)31)12-20(13-32-25)27(36)33-24(16-35)19-6-10-23(11-7-19)39(3,37)38/h6-7,10-13,17-18,22,24,26,35H,4-5,8-9,14-16H2,1-3H3,(H,33,36)/t18-,22+,24-,26?/m0/s1. The van der Waals surface area contributed by atoms with E-state index in [4.69, 9.17) is 0 Å². The molecular formula is C28H36F3N3O4S. The number of carbonyl (C=O) groups excluding carboxylic acids is 1. The molecule has 4 rings (SSSR count). The van der Waals surface area contributed by atoms with Gasteiger partial charge in [0.2, 0.25) is 0 Å². The topological polar surface area (TPSA) is 99.6 Å². The second kappa shape index (κ2) is 11.5. The number of alkyl halides is 3. The van der Waals surface area contributed by atoms with Crippen molar-refractivity contribution < 1.29 is 31.5 Å². The van der Waals surface area contributed by atoms with Crippen molar-refractivity contribution in [2.75, 3.05) is 19.4 Å². The van der Waals surface area contributed by atoms with Crippen LogP contribution in [0.3, 0.4) is 0 Å². The van der Waals surface area contributed by atoms with Gasteiger partial charge in [-0.15, -0.1) is 0 Å². The lowest BCUT2D eigenvalue weighted by molar-refractivity contribution is -0.184. The van der Waals surface area contributed by atoms with Gasteiger partial charge in [0.15, 0.2) is 9.84 Å². The molecule has 0 bridgehead atoms. The molecule has 2 aromatic rings. The molecule has 0 saturated heterocycles. The van der Waals surface area contributed by atoms with Crippen molar-refractivity contribution in [3.63, 3.8) is 0 Å². The molecule has 2 heterocycles. The van der Waals surface area contributed by atoms with E-state index in [-0.39, 0.29) is 42.2 Å². The number of aromatic nitrogens is 1. The number of rotatable bonds is 8. The molecule has 1 unspecified atom stereocenters. The SMILES string of the molecule is CC(C)C1c2ncc(C(=O)N[C@@H](CO)c3ccc(S(C)(=O)=O)cc3)cc2CN1C[C@H]1CC[C@@H](C(F)(F)F)CC1. The number of hydrogen-bond acceptors (Lipinski definition) is 6. The van der Waals surface area contributed by atoms with Crippen LogP contribution < -0.4 is 5.32 Å². The molecule has 1 aliphatic heterocycles. The highest BCUT2D eigenvalue weighted by Gasteiger charge is 2.42. The summed E-state index contributed by atoms with van der Waals surface area (Å²) in [6.45, 7) is 5.08. The van der Waals surface area contributed by atoms with Crippen molar-refractivity contribution in [3.05, 3.63) is 58.9 Å². The van der Waals surface area contributed by atoms with Gasteiger partial charge in [0.1, 0.15) is 0 Å². The molecule has 0 spiro atoms. The fraction of sp³-hybridized carbons (Fsp3) is 0.571. The van der Waals surface area contributed by atoms with Gasteiger partial charge in [0.05, 0.1) is 40.8 Å². The summed E-state index contributed by atoms with van der Waals surface area (Å²) in [4.78, 5) is 20.1. The molecule has 214 valence electrons. The average molecular weight is 568 g/mol. The monoisotopic (exact) mass is 567 g/mol. The lowest BCUT2D eigenvalue weighted by atomic mass is 9.81. The Balaban J connectivity index is 1.44. The maximum Gasteiger partial charge on any atom is 0.391 e. The van der Waals surface area contributed by atoms with Crippen LogP contribution in [0.25, 0.3) is 0 Å². The van der Waals surface area contributed by atoms with E-state index in [2.05, 4.69) is 29.0 Å². The maximum absolute atomic E-state index is 13.1.